The number of carbonyl (C=O) groups excluding carboxylic acids is 2. The lowest BCUT2D eigenvalue weighted by Crippen LogP contribution is -2.11. The van der Waals surface area contributed by atoms with Gasteiger partial charge in [0.25, 0.3) is 0 Å². The second-order valence-electron chi connectivity index (χ2n) is 6.34. The standard InChI is InChI=1S/C23H14ClFO4/c24-16-7-5-14(6-8-16)20(26)13-28-17-9-10-18-21(12-17)29-22(23(18)27)11-15-3-1-2-4-19(15)25/h1-12H,13H2/b22-11-. The van der Waals surface area contributed by atoms with Crippen LogP contribution in [0.25, 0.3) is 6.08 Å². The van der Waals surface area contributed by atoms with Gasteiger partial charge < -0.3 is 9.47 Å². The Balaban J connectivity index is 1.48. The predicted molar refractivity (Wildman–Crippen MR) is 107 cm³/mol. The number of allylic oxidation sites excluding steroid dienone is 1. The number of ether oxygens (including phenoxy) is 2. The van der Waals surface area contributed by atoms with E-state index in [4.69, 9.17) is 21.1 Å². The van der Waals surface area contributed by atoms with Crippen LogP contribution in [0.2, 0.25) is 5.02 Å². The highest BCUT2D eigenvalue weighted by Gasteiger charge is 2.28. The minimum absolute atomic E-state index is 0.0273. The first-order chi connectivity index (χ1) is 14.0. The number of hydrogen-bond acceptors (Lipinski definition) is 4. The van der Waals surface area contributed by atoms with Gasteiger partial charge in [0.15, 0.2) is 18.1 Å². The van der Waals surface area contributed by atoms with E-state index in [1.807, 2.05) is 0 Å². The molecule has 0 atom stereocenters. The first-order valence-corrected chi connectivity index (χ1v) is 9.13. The van der Waals surface area contributed by atoms with Crippen LogP contribution in [0.4, 0.5) is 4.39 Å². The van der Waals surface area contributed by atoms with Gasteiger partial charge in [0, 0.05) is 22.2 Å². The minimum atomic E-state index is -0.447. The van der Waals surface area contributed by atoms with E-state index in [0.29, 0.717) is 27.6 Å². The van der Waals surface area contributed by atoms with E-state index in [-0.39, 0.29) is 29.5 Å². The zero-order chi connectivity index (χ0) is 20.4. The molecule has 0 radical (unpaired) electrons. The molecule has 6 heteroatoms. The molecule has 144 valence electrons. The molecule has 3 aromatic rings. The van der Waals surface area contributed by atoms with E-state index >= 15 is 0 Å². The molecule has 1 aliphatic heterocycles. The van der Waals surface area contributed by atoms with Gasteiger partial charge in [-0.05, 0) is 48.5 Å². The highest BCUT2D eigenvalue weighted by Crippen LogP contribution is 2.35. The van der Waals surface area contributed by atoms with Crippen molar-refractivity contribution in [3.05, 3.63) is 100 Å². The summed E-state index contributed by atoms with van der Waals surface area (Å²) >= 11 is 5.82. The molecule has 4 rings (SSSR count). The maximum atomic E-state index is 13.8. The van der Waals surface area contributed by atoms with Crippen molar-refractivity contribution >= 4 is 29.2 Å². The second-order valence-corrected chi connectivity index (χ2v) is 6.77. The molecule has 0 fully saturated rings. The Labute approximate surface area is 171 Å². The Morgan fingerprint density at radius 1 is 1.07 bits per heavy atom. The molecule has 0 unspecified atom stereocenters. The van der Waals surface area contributed by atoms with Gasteiger partial charge in [-0.25, -0.2) is 4.39 Å². The van der Waals surface area contributed by atoms with Crippen molar-refractivity contribution in [2.75, 3.05) is 6.61 Å². The second kappa shape index (κ2) is 7.89. The summed E-state index contributed by atoms with van der Waals surface area (Å²) in [6, 6.07) is 17.3. The van der Waals surface area contributed by atoms with Crippen molar-refractivity contribution in [2.45, 2.75) is 0 Å². The van der Waals surface area contributed by atoms with Gasteiger partial charge >= 0.3 is 0 Å². The van der Waals surface area contributed by atoms with Crippen LogP contribution in [-0.4, -0.2) is 18.2 Å². The molecule has 0 N–H and O–H groups in total. The maximum absolute atomic E-state index is 13.8. The van der Waals surface area contributed by atoms with Gasteiger partial charge in [-0.15, -0.1) is 0 Å². The quantitative estimate of drug-likeness (QED) is 0.421. The normalized spacial score (nSPS) is 13.9. The van der Waals surface area contributed by atoms with Crippen molar-refractivity contribution in [3.63, 3.8) is 0 Å². The van der Waals surface area contributed by atoms with Crippen LogP contribution in [-0.2, 0) is 0 Å². The van der Waals surface area contributed by atoms with E-state index in [1.165, 1.54) is 18.2 Å². The number of ketones is 2. The van der Waals surface area contributed by atoms with Gasteiger partial charge in [0.2, 0.25) is 5.78 Å². The zero-order valence-electron chi connectivity index (χ0n) is 15.0. The monoisotopic (exact) mass is 408 g/mol. The molecule has 0 saturated heterocycles. The number of rotatable bonds is 5. The Bertz CT molecular complexity index is 1140. The van der Waals surface area contributed by atoms with Crippen LogP contribution in [0.5, 0.6) is 11.5 Å². The average molecular weight is 409 g/mol. The summed E-state index contributed by atoms with van der Waals surface area (Å²) in [6.45, 7) is -0.174. The predicted octanol–water partition coefficient (Wildman–Crippen LogP) is 5.36. The largest absolute Gasteiger partial charge is 0.485 e. The third kappa shape index (κ3) is 4.05. The third-order valence-corrected chi connectivity index (χ3v) is 4.62. The van der Waals surface area contributed by atoms with Gasteiger partial charge in [-0.2, -0.15) is 0 Å². The summed E-state index contributed by atoms with van der Waals surface area (Å²) < 4.78 is 25.0. The molecule has 29 heavy (non-hydrogen) atoms. The molecule has 0 aliphatic carbocycles. The Morgan fingerprint density at radius 2 is 1.83 bits per heavy atom. The number of Topliss-reactive ketones (excluding diaryl/α,β-unsaturated/α-hetero) is 2. The van der Waals surface area contributed by atoms with Crippen LogP contribution in [0, 0.1) is 5.82 Å². The lowest BCUT2D eigenvalue weighted by Gasteiger charge is -2.07. The van der Waals surface area contributed by atoms with Crippen molar-refractivity contribution < 1.29 is 23.5 Å². The van der Waals surface area contributed by atoms with Crippen LogP contribution >= 0.6 is 11.6 Å². The fraction of sp³-hybridized carbons (Fsp3) is 0.0435. The van der Waals surface area contributed by atoms with Gasteiger partial charge in [0.05, 0.1) is 5.56 Å². The molecular weight excluding hydrogens is 395 g/mol. The molecule has 0 saturated carbocycles. The Hall–Kier alpha value is -3.44. The first kappa shape index (κ1) is 18.9. The fourth-order valence-corrected chi connectivity index (χ4v) is 2.98. The average Bonchev–Trinajstić information content (AvgIpc) is 3.03. The van der Waals surface area contributed by atoms with Crippen LogP contribution in [0.15, 0.2) is 72.5 Å². The van der Waals surface area contributed by atoms with Crippen LogP contribution < -0.4 is 9.47 Å². The van der Waals surface area contributed by atoms with E-state index in [9.17, 15) is 14.0 Å². The van der Waals surface area contributed by atoms with Crippen molar-refractivity contribution in [1.82, 2.24) is 0 Å². The molecule has 0 bridgehead atoms. The molecule has 4 nitrogen and oxygen atoms in total. The van der Waals surface area contributed by atoms with Gasteiger partial charge in [0.1, 0.15) is 17.3 Å². The number of halogens is 2. The van der Waals surface area contributed by atoms with E-state index < -0.39 is 5.82 Å². The van der Waals surface area contributed by atoms with Crippen LogP contribution in [0.1, 0.15) is 26.3 Å². The molecule has 0 aromatic heterocycles. The summed E-state index contributed by atoms with van der Waals surface area (Å²) in [7, 11) is 0. The summed E-state index contributed by atoms with van der Waals surface area (Å²) in [5.74, 6) is -0.289. The van der Waals surface area contributed by atoms with Gasteiger partial charge in [-0.3, -0.25) is 9.59 Å². The maximum Gasteiger partial charge on any atom is 0.231 e. The zero-order valence-corrected chi connectivity index (χ0v) is 15.8. The van der Waals surface area contributed by atoms with Crippen LogP contribution in [0.3, 0.4) is 0 Å². The molecule has 0 spiro atoms. The molecule has 3 aromatic carbocycles. The Kier molecular flexibility index (Phi) is 5.14. The topological polar surface area (TPSA) is 52.6 Å². The van der Waals surface area contributed by atoms with Gasteiger partial charge in [-0.1, -0.05) is 29.8 Å². The third-order valence-electron chi connectivity index (χ3n) is 4.37. The summed E-state index contributed by atoms with van der Waals surface area (Å²) in [6.07, 6.45) is 1.36. The minimum Gasteiger partial charge on any atom is -0.485 e. The number of carbonyl (C=O) groups is 2. The lowest BCUT2D eigenvalue weighted by molar-refractivity contribution is 0.0921. The molecule has 1 heterocycles. The number of benzene rings is 3. The van der Waals surface area contributed by atoms with Crippen molar-refractivity contribution in [1.29, 1.82) is 0 Å². The van der Waals surface area contributed by atoms with Crippen molar-refractivity contribution in [3.8, 4) is 11.5 Å². The Morgan fingerprint density at radius 3 is 2.59 bits per heavy atom. The lowest BCUT2D eigenvalue weighted by atomic mass is 10.1. The smallest absolute Gasteiger partial charge is 0.231 e. The van der Waals surface area contributed by atoms with E-state index in [1.54, 1.807) is 54.6 Å². The fourth-order valence-electron chi connectivity index (χ4n) is 2.86. The van der Waals surface area contributed by atoms with E-state index in [0.717, 1.165) is 0 Å². The first-order valence-electron chi connectivity index (χ1n) is 8.75. The summed E-state index contributed by atoms with van der Waals surface area (Å²) in [4.78, 5) is 24.7. The van der Waals surface area contributed by atoms with E-state index in [2.05, 4.69) is 0 Å². The SMILES string of the molecule is O=C(COc1ccc2c(c1)O/C(=C\c1ccccc1F)C2=O)c1ccc(Cl)cc1. The summed E-state index contributed by atoms with van der Waals surface area (Å²) in [5.41, 5.74) is 1.09. The summed E-state index contributed by atoms with van der Waals surface area (Å²) in [5, 5.41) is 0.544. The number of fused-ring (bicyclic) bond motifs is 1. The molecule has 0 amide bonds. The highest BCUT2D eigenvalue weighted by atomic mass is 35.5. The van der Waals surface area contributed by atoms with Crippen molar-refractivity contribution in [2.24, 2.45) is 0 Å². The molecular formula is C23H14ClFO4. The highest BCUT2D eigenvalue weighted by molar-refractivity contribution is 6.30. The number of hydrogen-bond donors (Lipinski definition) is 0. The molecule has 1 aliphatic rings.